The molecule has 0 aliphatic heterocycles. The van der Waals surface area contributed by atoms with E-state index in [-0.39, 0.29) is 11.2 Å². The predicted molar refractivity (Wildman–Crippen MR) is 80.5 cm³/mol. The van der Waals surface area contributed by atoms with E-state index in [0.29, 0.717) is 11.9 Å². The Morgan fingerprint density at radius 2 is 2.20 bits per heavy atom. The first kappa shape index (κ1) is 13.9. The zero-order valence-corrected chi connectivity index (χ0v) is 12.8. The summed E-state index contributed by atoms with van der Waals surface area (Å²) in [6, 6.07) is 5.14. The van der Waals surface area contributed by atoms with Gasteiger partial charge < -0.3 is 4.57 Å². The van der Waals surface area contributed by atoms with Crippen molar-refractivity contribution >= 4 is 22.6 Å². The van der Waals surface area contributed by atoms with Crippen LogP contribution in [0.15, 0.2) is 18.2 Å². The average Bonchev–Trinajstić information content (AvgIpc) is 2.76. The molecule has 1 unspecified atom stereocenters. The van der Waals surface area contributed by atoms with Gasteiger partial charge in [0.15, 0.2) is 0 Å². The van der Waals surface area contributed by atoms with Gasteiger partial charge >= 0.3 is 0 Å². The van der Waals surface area contributed by atoms with Crippen LogP contribution in [0.4, 0.5) is 4.39 Å². The Hall–Kier alpha value is -1.09. The molecule has 0 spiro atoms. The topological polar surface area (TPSA) is 17.8 Å². The Balaban J connectivity index is 2.20. The molecule has 2 nitrogen and oxygen atoms in total. The Kier molecular flexibility index (Phi) is 3.49. The highest BCUT2D eigenvalue weighted by molar-refractivity contribution is 6.16. The number of aromatic nitrogens is 2. The predicted octanol–water partition coefficient (Wildman–Crippen LogP) is 5.06. The minimum absolute atomic E-state index is 0.193. The highest BCUT2D eigenvalue weighted by Crippen LogP contribution is 2.45. The van der Waals surface area contributed by atoms with E-state index in [9.17, 15) is 4.39 Å². The Labute approximate surface area is 123 Å². The lowest BCUT2D eigenvalue weighted by atomic mass is 9.73. The van der Waals surface area contributed by atoms with E-state index in [0.717, 1.165) is 23.3 Å². The molecular formula is C16H20ClFN2. The summed E-state index contributed by atoms with van der Waals surface area (Å²) in [7, 11) is 0. The second-order valence-corrected chi connectivity index (χ2v) is 6.68. The van der Waals surface area contributed by atoms with Crippen molar-refractivity contribution in [1.82, 2.24) is 9.55 Å². The third-order valence-corrected chi connectivity index (χ3v) is 4.85. The summed E-state index contributed by atoms with van der Waals surface area (Å²) in [6.45, 7) is 4.58. The van der Waals surface area contributed by atoms with Gasteiger partial charge in [0.25, 0.3) is 0 Å². The van der Waals surface area contributed by atoms with Crippen molar-refractivity contribution in [2.75, 3.05) is 0 Å². The maximum Gasteiger partial charge on any atom is 0.125 e. The van der Waals surface area contributed by atoms with E-state index in [1.807, 2.05) is 0 Å². The molecule has 1 fully saturated rings. The lowest BCUT2D eigenvalue weighted by Crippen LogP contribution is -2.31. The number of benzene rings is 1. The van der Waals surface area contributed by atoms with Crippen LogP contribution in [0.5, 0.6) is 0 Å². The average molecular weight is 295 g/mol. The molecule has 4 heteroatoms. The van der Waals surface area contributed by atoms with Crippen molar-refractivity contribution in [3.63, 3.8) is 0 Å². The van der Waals surface area contributed by atoms with Crippen molar-refractivity contribution in [2.45, 2.75) is 51.5 Å². The molecule has 1 aromatic heterocycles. The molecule has 108 valence electrons. The lowest BCUT2D eigenvalue weighted by molar-refractivity contribution is 0.145. The van der Waals surface area contributed by atoms with Crippen LogP contribution in [0.2, 0.25) is 0 Å². The minimum atomic E-state index is -0.214. The Morgan fingerprint density at radius 3 is 2.90 bits per heavy atom. The Bertz CT molecular complexity index is 633. The van der Waals surface area contributed by atoms with Gasteiger partial charge in [-0.2, -0.15) is 0 Å². The second-order valence-electron chi connectivity index (χ2n) is 6.41. The molecule has 1 aliphatic carbocycles. The van der Waals surface area contributed by atoms with Crippen molar-refractivity contribution < 1.29 is 4.39 Å². The summed E-state index contributed by atoms with van der Waals surface area (Å²) < 4.78 is 15.8. The molecule has 1 saturated carbocycles. The highest BCUT2D eigenvalue weighted by atomic mass is 35.5. The number of halogens is 2. The maximum atomic E-state index is 13.6. The van der Waals surface area contributed by atoms with Gasteiger partial charge in [-0.25, -0.2) is 9.37 Å². The van der Waals surface area contributed by atoms with Gasteiger partial charge in [0.1, 0.15) is 11.6 Å². The first-order chi connectivity index (χ1) is 9.53. The number of nitrogens with zero attached hydrogens (tertiary/aromatic N) is 2. The second kappa shape index (κ2) is 5.03. The fourth-order valence-corrected chi connectivity index (χ4v) is 3.70. The van der Waals surface area contributed by atoms with Gasteiger partial charge in [0.2, 0.25) is 0 Å². The van der Waals surface area contributed by atoms with Crippen LogP contribution in [0, 0.1) is 11.2 Å². The standard InChI is InChI=1S/C16H20ClFN2/c1-16(2)8-4-3-5-14(16)20-13-9-11(18)6-7-12(13)19-15(20)10-17/h6-7,9,14H,3-5,8,10H2,1-2H3. The molecule has 0 amide bonds. The van der Waals surface area contributed by atoms with E-state index >= 15 is 0 Å². The summed E-state index contributed by atoms with van der Waals surface area (Å²) in [5, 5.41) is 0. The first-order valence-corrected chi connectivity index (χ1v) is 7.79. The van der Waals surface area contributed by atoms with Crippen LogP contribution in [-0.2, 0) is 5.88 Å². The van der Waals surface area contributed by atoms with Crippen LogP contribution >= 0.6 is 11.6 Å². The minimum Gasteiger partial charge on any atom is -0.323 e. The van der Waals surface area contributed by atoms with E-state index in [4.69, 9.17) is 11.6 Å². The van der Waals surface area contributed by atoms with E-state index in [1.165, 1.54) is 25.3 Å². The zero-order chi connectivity index (χ0) is 14.3. The number of hydrogen-bond acceptors (Lipinski definition) is 1. The van der Waals surface area contributed by atoms with Crippen LogP contribution in [0.3, 0.4) is 0 Å². The van der Waals surface area contributed by atoms with Crippen LogP contribution < -0.4 is 0 Å². The fourth-order valence-electron chi connectivity index (χ4n) is 3.51. The zero-order valence-electron chi connectivity index (χ0n) is 12.0. The van der Waals surface area contributed by atoms with Gasteiger partial charge in [0.05, 0.1) is 16.9 Å². The van der Waals surface area contributed by atoms with Crippen LogP contribution in [-0.4, -0.2) is 9.55 Å². The third kappa shape index (κ3) is 2.22. The number of hydrogen-bond donors (Lipinski definition) is 0. The molecule has 2 aromatic rings. The van der Waals surface area contributed by atoms with Gasteiger partial charge in [-0.05, 0) is 36.5 Å². The summed E-state index contributed by atoms with van der Waals surface area (Å²) >= 11 is 6.08. The molecule has 3 rings (SSSR count). The van der Waals surface area contributed by atoms with Gasteiger partial charge in [-0.15, -0.1) is 11.6 Å². The summed E-state index contributed by atoms with van der Waals surface area (Å²) in [6.07, 6.45) is 4.78. The van der Waals surface area contributed by atoms with Crippen LogP contribution in [0.25, 0.3) is 11.0 Å². The number of fused-ring (bicyclic) bond motifs is 1. The van der Waals surface area contributed by atoms with Crippen LogP contribution in [0.1, 0.15) is 51.4 Å². The molecule has 1 heterocycles. The van der Waals surface area contributed by atoms with E-state index in [2.05, 4.69) is 23.4 Å². The molecule has 0 bridgehead atoms. The SMILES string of the molecule is CC1(C)CCCCC1n1c(CCl)nc2ccc(F)cc21. The molecule has 20 heavy (non-hydrogen) atoms. The molecule has 0 N–H and O–H groups in total. The van der Waals surface area contributed by atoms with Gasteiger partial charge in [-0.3, -0.25) is 0 Å². The molecule has 0 saturated heterocycles. The Morgan fingerprint density at radius 1 is 1.40 bits per heavy atom. The third-order valence-electron chi connectivity index (χ3n) is 4.61. The summed E-state index contributed by atoms with van der Waals surface area (Å²) in [5.41, 5.74) is 1.91. The monoisotopic (exact) mass is 294 g/mol. The number of alkyl halides is 1. The van der Waals surface area contributed by atoms with E-state index < -0.39 is 0 Å². The molecular weight excluding hydrogens is 275 g/mol. The first-order valence-electron chi connectivity index (χ1n) is 7.25. The summed E-state index contributed by atoms with van der Waals surface area (Å²) in [5.74, 6) is 1.00. The van der Waals surface area contributed by atoms with Gasteiger partial charge in [-0.1, -0.05) is 26.7 Å². The molecule has 1 atom stereocenters. The molecule has 1 aliphatic rings. The van der Waals surface area contributed by atoms with Crippen molar-refractivity contribution in [1.29, 1.82) is 0 Å². The van der Waals surface area contributed by atoms with Crippen molar-refractivity contribution in [2.24, 2.45) is 5.41 Å². The quantitative estimate of drug-likeness (QED) is 0.708. The van der Waals surface area contributed by atoms with Crippen molar-refractivity contribution in [3.05, 3.63) is 29.8 Å². The highest BCUT2D eigenvalue weighted by Gasteiger charge is 2.35. The number of rotatable bonds is 2. The van der Waals surface area contributed by atoms with Gasteiger partial charge in [0, 0.05) is 6.04 Å². The number of imidazole rings is 1. The smallest absolute Gasteiger partial charge is 0.125 e. The summed E-state index contributed by atoms with van der Waals surface area (Å²) in [4.78, 5) is 4.58. The largest absolute Gasteiger partial charge is 0.323 e. The fraction of sp³-hybridized carbons (Fsp3) is 0.562. The van der Waals surface area contributed by atoms with Crippen molar-refractivity contribution in [3.8, 4) is 0 Å². The lowest BCUT2D eigenvalue weighted by Gasteiger charge is -2.40. The molecule has 0 radical (unpaired) electrons. The van der Waals surface area contributed by atoms with E-state index in [1.54, 1.807) is 12.1 Å². The molecule has 1 aromatic carbocycles. The maximum absolute atomic E-state index is 13.6. The normalized spacial score (nSPS) is 22.3.